The molecule has 0 amide bonds. The van der Waals surface area contributed by atoms with Crippen LogP contribution in [0.1, 0.15) is 17.0 Å². The van der Waals surface area contributed by atoms with E-state index in [1.165, 1.54) is 5.69 Å². The Balaban J connectivity index is 0.000000186. The first-order valence-corrected chi connectivity index (χ1v) is 9.55. The Morgan fingerprint density at radius 3 is 1.93 bits per heavy atom. The Labute approximate surface area is 173 Å². The third kappa shape index (κ3) is 4.97. The first kappa shape index (κ1) is 20.0. The lowest BCUT2D eigenvalue weighted by Crippen LogP contribution is -2.08. The highest BCUT2D eigenvalue weighted by Crippen LogP contribution is 2.25. The van der Waals surface area contributed by atoms with Crippen LogP contribution in [0.25, 0.3) is 10.8 Å². The molecule has 4 aromatic rings. The summed E-state index contributed by atoms with van der Waals surface area (Å²) < 4.78 is 0. The van der Waals surface area contributed by atoms with E-state index in [0.29, 0.717) is 5.75 Å². The van der Waals surface area contributed by atoms with Crippen LogP contribution in [-0.2, 0) is 0 Å². The number of benzene rings is 4. The van der Waals surface area contributed by atoms with Gasteiger partial charge in [-0.3, -0.25) is 0 Å². The van der Waals surface area contributed by atoms with Gasteiger partial charge in [-0.25, -0.2) is 0 Å². The minimum Gasteiger partial charge on any atom is -0.507 e. The summed E-state index contributed by atoms with van der Waals surface area (Å²) in [6.45, 7) is 0. The monoisotopic (exact) mass is 379 g/mol. The maximum Gasteiger partial charge on any atom is 0.123 e. The minimum absolute atomic E-state index is 0.0300. The van der Waals surface area contributed by atoms with Gasteiger partial charge in [0.15, 0.2) is 0 Å². The molecule has 1 N–H and O–H groups in total. The fourth-order valence-electron chi connectivity index (χ4n) is 3.20. The van der Waals surface area contributed by atoms with Crippen molar-refractivity contribution in [1.82, 2.24) is 0 Å². The fraction of sp³-hybridized carbons (Fsp3) is 0.111. The van der Waals surface area contributed by atoms with Gasteiger partial charge in [-0.05, 0) is 34.7 Å². The molecule has 0 aliphatic heterocycles. The standard InChI is InChI=1S/C17H17N.C10H8O/c1-4-17(14-8-6-5-7-9-14)15-10-12-16(13-11-15)18(2)3;11-10-7-3-5-8-4-1-2-6-9(8)10/h1,5-13,17H,2-3H3;1-7,11H. The summed E-state index contributed by atoms with van der Waals surface area (Å²) >= 11 is 0. The molecule has 0 aliphatic carbocycles. The van der Waals surface area contributed by atoms with Gasteiger partial charge in [0, 0.05) is 25.2 Å². The quantitative estimate of drug-likeness (QED) is 0.437. The number of aromatic hydroxyl groups is 1. The molecule has 1 unspecified atom stereocenters. The SMILES string of the molecule is C#CC(c1ccccc1)c1ccc(N(C)C)cc1.Oc1cccc2ccccc12. The van der Waals surface area contributed by atoms with E-state index in [-0.39, 0.29) is 5.92 Å². The molecular weight excluding hydrogens is 354 g/mol. The van der Waals surface area contributed by atoms with E-state index in [4.69, 9.17) is 6.42 Å². The molecule has 4 rings (SSSR count). The normalized spacial score (nSPS) is 11.1. The van der Waals surface area contributed by atoms with Gasteiger partial charge in [-0.2, -0.15) is 0 Å². The van der Waals surface area contributed by atoms with Crippen molar-refractivity contribution >= 4 is 16.5 Å². The van der Waals surface area contributed by atoms with Gasteiger partial charge in [0.2, 0.25) is 0 Å². The van der Waals surface area contributed by atoms with Gasteiger partial charge in [-0.15, -0.1) is 6.42 Å². The molecule has 0 bridgehead atoms. The zero-order valence-electron chi connectivity index (χ0n) is 16.8. The summed E-state index contributed by atoms with van der Waals surface area (Å²) in [4.78, 5) is 2.08. The number of terminal acetylenes is 1. The molecule has 4 aromatic carbocycles. The third-order valence-electron chi connectivity index (χ3n) is 4.81. The van der Waals surface area contributed by atoms with Crippen LogP contribution in [0.4, 0.5) is 5.69 Å². The summed E-state index contributed by atoms with van der Waals surface area (Å²) in [6.07, 6.45) is 5.67. The topological polar surface area (TPSA) is 23.5 Å². The minimum atomic E-state index is 0.0300. The van der Waals surface area contributed by atoms with Gasteiger partial charge >= 0.3 is 0 Å². The van der Waals surface area contributed by atoms with Crippen molar-refractivity contribution in [3.8, 4) is 18.1 Å². The lowest BCUT2D eigenvalue weighted by molar-refractivity contribution is 0.481. The lowest BCUT2D eigenvalue weighted by atomic mass is 9.92. The van der Waals surface area contributed by atoms with E-state index in [0.717, 1.165) is 21.9 Å². The van der Waals surface area contributed by atoms with Crippen molar-refractivity contribution in [2.75, 3.05) is 19.0 Å². The first-order chi connectivity index (χ1) is 14.1. The number of rotatable bonds is 3. The number of fused-ring (bicyclic) bond motifs is 1. The summed E-state index contributed by atoms with van der Waals surface area (Å²) in [5.41, 5.74) is 3.51. The van der Waals surface area contributed by atoms with Crippen LogP contribution in [0, 0.1) is 12.3 Å². The Morgan fingerprint density at radius 1 is 0.724 bits per heavy atom. The van der Waals surface area contributed by atoms with Crippen LogP contribution in [0.15, 0.2) is 97.1 Å². The van der Waals surface area contributed by atoms with Gasteiger partial charge in [0.1, 0.15) is 5.75 Å². The molecule has 0 saturated heterocycles. The molecule has 2 nitrogen and oxygen atoms in total. The maximum absolute atomic E-state index is 9.37. The third-order valence-corrected chi connectivity index (χ3v) is 4.81. The average molecular weight is 380 g/mol. The molecule has 0 fully saturated rings. The number of anilines is 1. The van der Waals surface area contributed by atoms with E-state index in [1.54, 1.807) is 6.07 Å². The summed E-state index contributed by atoms with van der Waals surface area (Å²) in [5.74, 6) is 3.25. The Kier molecular flexibility index (Phi) is 6.55. The van der Waals surface area contributed by atoms with Crippen LogP contribution >= 0.6 is 0 Å². The molecule has 0 heterocycles. The summed E-state index contributed by atoms with van der Waals surface area (Å²) in [5, 5.41) is 11.4. The number of hydrogen-bond donors (Lipinski definition) is 1. The molecular formula is C27H25NO. The van der Waals surface area contributed by atoms with Crippen molar-refractivity contribution in [2.24, 2.45) is 0 Å². The Hall–Kier alpha value is -3.70. The van der Waals surface area contributed by atoms with Crippen LogP contribution in [-0.4, -0.2) is 19.2 Å². The van der Waals surface area contributed by atoms with E-state index in [9.17, 15) is 5.11 Å². The van der Waals surface area contributed by atoms with E-state index in [1.807, 2.05) is 68.7 Å². The second-order valence-electron chi connectivity index (χ2n) is 6.99. The van der Waals surface area contributed by atoms with Crippen LogP contribution in [0.5, 0.6) is 5.75 Å². The Bertz CT molecular complexity index is 1090. The lowest BCUT2D eigenvalue weighted by Gasteiger charge is -2.15. The van der Waals surface area contributed by atoms with Crippen molar-refractivity contribution in [3.05, 3.63) is 108 Å². The van der Waals surface area contributed by atoms with Crippen molar-refractivity contribution < 1.29 is 5.11 Å². The van der Waals surface area contributed by atoms with Crippen LogP contribution in [0.3, 0.4) is 0 Å². The molecule has 29 heavy (non-hydrogen) atoms. The predicted octanol–water partition coefficient (Wildman–Crippen LogP) is 6.06. The van der Waals surface area contributed by atoms with E-state index >= 15 is 0 Å². The highest BCUT2D eigenvalue weighted by molar-refractivity contribution is 5.87. The summed E-state index contributed by atoms with van der Waals surface area (Å²) in [6, 6.07) is 31.9. The molecule has 0 spiro atoms. The van der Waals surface area contributed by atoms with Crippen molar-refractivity contribution in [3.63, 3.8) is 0 Å². The largest absolute Gasteiger partial charge is 0.507 e. The highest BCUT2D eigenvalue weighted by atomic mass is 16.3. The zero-order chi connectivity index (χ0) is 20.6. The van der Waals surface area contributed by atoms with Crippen LogP contribution in [0.2, 0.25) is 0 Å². The number of phenolic OH excluding ortho intramolecular Hbond substituents is 1. The highest BCUT2D eigenvalue weighted by Gasteiger charge is 2.10. The maximum atomic E-state index is 9.37. The van der Waals surface area contributed by atoms with Gasteiger partial charge < -0.3 is 10.0 Å². The predicted molar refractivity (Wildman–Crippen MR) is 123 cm³/mol. The number of phenols is 1. The second kappa shape index (κ2) is 9.48. The molecule has 0 radical (unpaired) electrons. The fourth-order valence-corrected chi connectivity index (χ4v) is 3.20. The molecule has 144 valence electrons. The number of nitrogens with zero attached hydrogens (tertiary/aromatic N) is 1. The molecule has 0 saturated carbocycles. The molecule has 2 heteroatoms. The first-order valence-electron chi connectivity index (χ1n) is 9.55. The second-order valence-corrected chi connectivity index (χ2v) is 6.99. The van der Waals surface area contributed by atoms with Gasteiger partial charge in [0.05, 0.1) is 5.92 Å². The zero-order valence-corrected chi connectivity index (χ0v) is 16.8. The van der Waals surface area contributed by atoms with Crippen molar-refractivity contribution in [1.29, 1.82) is 0 Å². The van der Waals surface area contributed by atoms with Crippen LogP contribution < -0.4 is 4.90 Å². The van der Waals surface area contributed by atoms with E-state index < -0.39 is 0 Å². The smallest absolute Gasteiger partial charge is 0.123 e. The van der Waals surface area contributed by atoms with E-state index in [2.05, 4.69) is 47.2 Å². The number of hydrogen-bond acceptors (Lipinski definition) is 2. The molecule has 0 aromatic heterocycles. The molecule has 0 aliphatic rings. The summed E-state index contributed by atoms with van der Waals surface area (Å²) in [7, 11) is 4.07. The van der Waals surface area contributed by atoms with Crippen molar-refractivity contribution in [2.45, 2.75) is 5.92 Å². The Morgan fingerprint density at radius 2 is 1.31 bits per heavy atom. The van der Waals surface area contributed by atoms with Gasteiger partial charge in [0.25, 0.3) is 0 Å². The molecule has 1 atom stereocenters. The van der Waals surface area contributed by atoms with Gasteiger partial charge in [-0.1, -0.05) is 84.8 Å². The average Bonchev–Trinajstić information content (AvgIpc) is 2.76.